The summed E-state index contributed by atoms with van der Waals surface area (Å²) in [4.78, 5) is 35.7. The van der Waals surface area contributed by atoms with Gasteiger partial charge in [-0.25, -0.2) is 9.97 Å². The van der Waals surface area contributed by atoms with E-state index in [2.05, 4.69) is 21.4 Å². The van der Waals surface area contributed by atoms with Crippen LogP contribution in [-0.2, 0) is 22.5 Å². The Kier molecular flexibility index (Phi) is 9.11. The van der Waals surface area contributed by atoms with Gasteiger partial charge < -0.3 is 14.6 Å². The van der Waals surface area contributed by atoms with Crippen LogP contribution in [0.1, 0.15) is 33.6 Å². The summed E-state index contributed by atoms with van der Waals surface area (Å²) in [6, 6.07) is 9.36. The van der Waals surface area contributed by atoms with Crippen molar-refractivity contribution in [3.8, 4) is 6.07 Å². The number of ether oxygens (including phenoxy) is 1. The lowest BCUT2D eigenvalue weighted by atomic mass is 10.1. The third kappa shape index (κ3) is 7.24. The van der Waals surface area contributed by atoms with Crippen LogP contribution in [0, 0.1) is 11.3 Å². The highest BCUT2D eigenvalue weighted by Gasteiger charge is 2.20. The molecule has 0 aliphatic heterocycles. The minimum Gasteiger partial charge on any atom is -0.384 e. The Morgan fingerprint density at radius 1 is 1.30 bits per heavy atom. The first-order valence-electron chi connectivity index (χ1n) is 10.6. The molecule has 2 amide bonds. The summed E-state index contributed by atoms with van der Waals surface area (Å²) in [6.07, 6.45) is 8.44. The summed E-state index contributed by atoms with van der Waals surface area (Å²) in [5.74, 6) is -0.326. The van der Waals surface area contributed by atoms with Crippen molar-refractivity contribution in [1.29, 1.82) is 5.26 Å². The van der Waals surface area contributed by atoms with Crippen LogP contribution in [-0.4, -0.2) is 53.2 Å². The number of benzene rings is 1. The average Bonchev–Trinajstić information content (AvgIpc) is 3.53. The summed E-state index contributed by atoms with van der Waals surface area (Å²) >= 11 is 1.19. The van der Waals surface area contributed by atoms with Crippen molar-refractivity contribution in [2.24, 2.45) is 0 Å². The maximum absolute atomic E-state index is 12.8. The van der Waals surface area contributed by atoms with Crippen LogP contribution in [0.15, 0.2) is 49.2 Å². The number of hydrogen-bond acceptors (Lipinski definition) is 7. The molecule has 1 N–H and O–H groups in total. The normalized spacial score (nSPS) is 10.5. The van der Waals surface area contributed by atoms with Gasteiger partial charge in [0.05, 0.1) is 37.2 Å². The number of anilines is 1. The molecule has 0 saturated carbocycles. The molecule has 3 rings (SSSR count). The van der Waals surface area contributed by atoms with Crippen LogP contribution >= 0.6 is 11.3 Å². The van der Waals surface area contributed by atoms with Gasteiger partial charge in [0.15, 0.2) is 5.13 Å². The zero-order valence-corrected chi connectivity index (χ0v) is 19.3. The van der Waals surface area contributed by atoms with Crippen molar-refractivity contribution in [3.63, 3.8) is 0 Å². The maximum Gasteiger partial charge on any atom is 0.263 e. The Bertz CT molecular complexity index is 1070. The zero-order chi connectivity index (χ0) is 23.5. The Morgan fingerprint density at radius 2 is 2.12 bits per heavy atom. The molecule has 0 saturated heterocycles. The molecule has 0 unspecified atom stereocenters. The third-order valence-corrected chi connectivity index (χ3v) is 5.93. The van der Waals surface area contributed by atoms with E-state index in [9.17, 15) is 9.59 Å². The molecule has 172 valence electrons. The standard InChI is InChI=1S/C23H26N6O3S/c1-32-14-8-21(30)29(12-7-18-3-5-19(15-24)6-4-18)23-27-16-20(33-23)22(31)26-9-2-11-28-13-10-25-17-28/h3-6,10,13,16-17H,2,7-9,11-12,14H2,1H3,(H,26,31). The molecule has 9 nitrogen and oxygen atoms in total. The van der Waals surface area contributed by atoms with Gasteiger partial charge in [0, 0.05) is 39.1 Å². The fraction of sp³-hybridized carbons (Fsp3) is 0.348. The van der Waals surface area contributed by atoms with Gasteiger partial charge in [0.1, 0.15) is 4.88 Å². The number of hydrogen-bond donors (Lipinski definition) is 1. The summed E-state index contributed by atoms with van der Waals surface area (Å²) in [5, 5.41) is 12.3. The van der Waals surface area contributed by atoms with Crippen LogP contribution < -0.4 is 10.2 Å². The minimum atomic E-state index is -0.208. The van der Waals surface area contributed by atoms with Gasteiger partial charge in [-0.15, -0.1) is 0 Å². The van der Waals surface area contributed by atoms with Gasteiger partial charge in [-0.3, -0.25) is 14.5 Å². The van der Waals surface area contributed by atoms with Crippen molar-refractivity contribution in [1.82, 2.24) is 19.9 Å². The fourth-order valence-corrected chi connectivity index (χ4v) is 3.98. The number of thiazole rings is 1. The molecule has 0 aliphatic carbocycles. The number of nitrogens with one attached hydrogen (secondary N) is 1. The lowest BCUT2D eigenvalue weighted by Crippen LogP contribution is -2.33. The second-order valence-electron chi connectivity index (χ2n) is 7.26. The third-order valence-electron chi connectivity index (χ3n) is 4.91. The van der Waals surface area contributed by atoms with Gasteiger partial charge in [-0.2, -0.15) is 5.26 Å². The number of nitrogens with zero attached hydrogens (tertiary/aromatic N) is 5. The minimum absolute atomic E-state index is 0.118. The Labute approximate surface area is 196 Å². The summed E-state index contributed by atoms with van der Waals surface area (Å²) in [6.45, 7) is 2.01. The van der Waals surface area contributed by atoms with Crippen molar-refractivity contribution in [2.45, 2.75) is 25.8 Å². The molecular formula is C23H26N6O3S. The zero-order valence-electron chi connectivity index (χ0n) is 18.4. The monoisotopic (exact) mass is 466 g/mol. The Balaban J connectivity index is 1.60. The van der Waals surface area contributed by atoms with E-state index in [0.717, 1.165) is 18.5 Å². The number of carbonyl (C=O) groups is 2. The quantitative estimate of drug-likeness (QED) is 0.411. The van der Waals surface area contributed by atoms with Gasteiger partial charge in [0.2, 0.25) is 5.91 Å². The largest absolute Gasteiger partial charge is 0.384 e. The number of imidazole rings is 1. The molecule has 0 bridgehead atoms. The number of nitriles is 1. The Hall–Kier alpha value is -3.55. The van der Waals surface area contributed by atoms with Gasteiger partial charge in [0.25, 0.3) is 5.91 Å². The highest BCUT2D eigenvalue weighted by molar-refractivity contribution is 7.17. The molecular weight excluding hydrogens is 440 g/mol. The topological polar surface area (TPSA) is 113 Å². The summed E-state index contributed by atoms with van der Waals surface area (Å²) < 4.78 is 7.00. The lowest BCUT2D eigenvalue weighted by molar-refractivity contribution is -0.119. The summed E-state index contributed by atoms with van der Waals surface area (Å²) in [5.41, 5.74) is 1.60. The molecule has 1 aromatic carbocycles. The number of rotatable bonds is 12. The van der Waals surface area contributed by atoms with Gasteiger partial charge >= 0.3 is 0 Å². The van der Waals surface area contributed by atoms with Crippen molar-refractivity contribution < 1.29 is 14.3 Å². The van der Waals surface area contributed by atoms with E-state index in [1.807, 2.05) is 22.9 Å². The van der Waals surface area contributed by atoms with E-state index >= 15 is 0 Å². The van der Waals surface area contributed by atoms with Crippen molar-refractivity contribution in [2.75, 3.05) is 31.7 Å². The lowest BCUT2D eigenvalue weighted by Gasteiger charge is -2.20. The van der Waals surface area contributed by atoms with E-state index < -0.39 is 0 Å². The first kappa shape index (κ1) is 24.1. The molecule has 0 spiro atoms. The van der Waals surface area contributed by atoms with Crippen molar-refractivity contribution >= 4 is 28.3 Å². The van der Waals surface area contributed by atoms with Crippen LogP contribution in [0.2, 0.25) is 0 Å². The molecule has 2 heterocycles. The van der Waals surface area contributed by atoms with Crippen LogP contribution in [0.3, 0.4) is 0 Å². The van der Waals surface area contributed by atoms with Gasteiger partial charge in [-0.05, 0) is 30.5 Å². The number of aromatic nitrogens is 3. The highest BCUT2D eigenvalue weighted by atomic mass is 32.1. The van der Waals surface area contributed by atoms with Gasteiger partial charge in [-0.1, -0.05) is 23.5 Å². The first-order chi connectivity index (χ1) is 16.1. The maximum atomic E-state index is 12.8. The molecule has 0 radical (unpaired) electrons. The van der Waals surface area contributed by atoms with Crippen LogP contribution in [0.5, 0.6) is 0 Å². The fourth-order valence-electron chi connectivity index (χ4n) is 3.10. The highest BCUT2D eigenvalue weighted by Crippen LogP contribution is 2.24. The molecule has 0 fully saturated rings. The molecule has 2 aromatic heterocycles. The molecule has 0 aliphatic rings. The predicted octanol–water partition coefficient (Wildman–Crippen LogP) is 2.64. The predicted molar refractivity (Wildman–Crippen MR) is 125 cm³/mol. The molecule has 33 heavy (non-hydrogen) atoms. The van der Waals surface area contributed by atoms with E-state index in [-0.39, 0.29) is 18.2 Å². The van der Waals surface area contributed by atoms with Crippen molar-refractivity contribution in [3.05, 3.63) is 65.2 Å². The second kappa shape index (κ2) is 12.5. The second-order valence-corrected chi connectivity index (χ2v) is 8.27. The van der Waals surface area contributed by atoms with E-state index in [0.29, 0.717) is 41.7 Å². The average molecular weight is 467 g/mol. The van der Waals surface area contributed by atoms with E-state index in [1.54, 1.807) is 36.7 Å². The SMILES string of the molecule is COCCC(=O)N(CCc1ccc(C#N)cc1)c1ncc(C(=O)NCCCn2ccnc2)s1. The molecule has 0 atom stereocenters. The molecule has 3 aromatic rings. The van der Waals surface area contributed by atoms with Crippen LogP contribution in [0.4, 0.5) is 5.13 Å². The Morgan fingerprint density at radius 3 is 2.82 bits per heavy atom. The molecule has 10 heteroatoms. The van der Waals surface area contributed by atoms with E-state index in [4.69, 9.17) is 10.00 Å². The smallest absolute Gasteiger partial charge is 0.263 e. The first-order valence-corrected chi connectivity index (χ1v) is 11.4. The number of amides is 2. The number of methoxy groups -OCH3 is 1. The van der Waals surface area contributed by atoms with E-state index in [1.165, 1.54) is 17.5 Å². The number of aryl methyl sites for hydroxylation is 1. The summed E-state index contributed by atoms with van der Waals surface area (Å²) in [7, 11) is 1.55. The number of carbonyl (C=O) groups excluding carboxylic acids is 2. The van der Waals surface area contributed by atoms with Crippen LogP contribution in [0.25, 0.3) is 0 Å².